The number of hydrogen-bond donors (Lipinski definition) is 1. The Morgan fingerprint density at radius 1 is 1.05 bits per heavy atom. The van der Waals surface area contributed by atoms with Gasteiger partial charge in [-0.15, -0.1) is 0 Å². The summed E-state index contributed by atoms with van der Waals surface area (Å²) in [6.45, 7) is 1.81. The summed E-state index contributed by atoms with van der Waals surface area (Å²) in [5, 5.41) is 0. The van der Waals surface area contributed by atoms with E-state index in [-0.39, 0.29) is 6.04 Å². The standard InChI is InChI=1S/C18H24N2O/c1-20(13-12-15-8-4-3-5-9-15)14-17(19)16-10-6-7-11-18(16)21-2/h3-11,17H,12-14,19H2,1-2H3. The predicted molar refractivity (Wildman–Crippen MR) is 87.6 cm³/mol. The second-order valence-corrected chi connectivity index (χ2v) is 5.35. The summed E-state index contributed by atoms with van der Waals surface area (Å²) in [4.78, 5) is 2.27. The van der Waals surface area contributed by atoms with Crippen LogP contribution in [0.5, 0.6) is 5.75 Å². The summed E-state index contributed by atoms with van der Waals surface area (Å²) in [5.74, 6) is 0.862. The largest absolute Gasteiger partial charge is 0.496 e. The highest BCUT2D eigenvalue weighted by atomic mass is 16.5. The lowest BCUT2D eigenvalue weighted by Crippen LogP contribution is -2.30. The molecule has 3 nitrogen and oxygen atoms in total. The van der Waals surface area contributed by atoms with Crippen LogP contribution >= 0.6 is 0 Å². The highest BCUT2D eigenvalue weighted by Gasteiger charge is 2.13. The molecule has 1 unspecified atom stereocenters. The zero-order valence-electron chi connectivity index (χ0n) is 12.8. The van der Waals surface area contributed by atoms with E-state index in [2.05, 4.69) is 36.2 Å². The van der Waals surface area contributed by atoms with E-state index < -0.39 is 0 Å². The molecule has 0 amide bonds. The monoisotopic (exact) mass is 284 g/mol. The van der Waals surface area contributed by atoms with E-state index in [1.807, 2.05) is 30.3 Å². The third kappa shape index (κ3) is 4.59. The topological polar surface area (TPSA) is 38.5 Å². The molecule has 0 bridgehead atoms. The van der Waals surface area contributed by atoms with Crippen molar-refractivity contribution >= 4 is 0 Å². The Kier molecular flexibility index (Phi) is 5.78. The molecule has 21 heavy (non-hydrogen) atoms. The summed E-state index contributed by atoms with van der Waals surface area (Å²) in [5.41, 5.74) is 8.74. The van der Waals surface area contributed by atoms with Crippen LogP contribution in [0.2, 0.25) is 0 Å². The summed E-state index contributed by atoms with van der Waals surface area (Å²) >= 11 is 0. The van der Waals surface area contributed by atoms with Gasteiger partial charge in [0.05, 0.1) is 7.11 Å². The van der Waals surface area contributed by atoms with E-state index in [1.165, 1.54) is 5.56 Å². The molecule has 3 heteroatoms. The van der Waals surface area contributed by atoms with Gasteiger partial charge in [-0.05, 0) is 25.1 Å². The number of likely N-dealkylation sites (N-methyl/N-ethyl adjacent to an activating group) is 1. The van der Waals surface area contributed by atoms with Crippen molar-refractivity contribution in [3.05, 3.63) is 65.7 Å². The molecule has 112 valence electrons. The molecule has 0 saturated heterocycles. The Hall–Kier alpha value is -1.84. The predicted octanol–water partition coefficient (Wildman–Crippen LogP) is 2.87. The lowest BCUT2D eigenvalue weighted by atomic mass is 10.1. The van der Waals surface area contributed by atoms with Crippen LogP contribution in [0.3, 0.4) is 0 Å². The lowest BCUT2D eigenvalue weighted by Gasteiger charge is -2.22. The molecule has 0 aliphatic heterocycles. The smallest absolute Gasteiger partial charge is 0.123 e. The van der Waals surface area contributed by atoms with Crippen LogP contribution in [0, 0.1) is 0 Å². The van der Waals surface area contributed by atoms with Gasteiger partial charge in [-0.1, -0.05) is 48.5 Å². The summed E-state index contributed by atoms with van der Waals surface area (Å²) in [6, 6.07) is 18.4. The number of nitrogens with zero attached hydrogens (tertiary/aromatic N) is 1. The van der Waals surface area contributed by atoms with Gasteiger partial charge in [-0.25, -0.2) is 0 Å². The first-order valence-electron chi connectivity index (χ1n) is 7.31. The van der Waals surface area contributed by atoms with Gasteiger partial charge < -0.3 is 15.4 Å². The molecule has 0 fully saturated rings. The van der Waals surface area contributed by atoms with Crippen LogP contribution in [0.25, 0.3) is 0 Å². The zero-order valence-corrected chi connectivity index (χ0v) is 12.8. The number of methoxy groups -OCH3 is 1. The molecule has 1 atom stereocenters. The number of rotatable bonds is 7. The molecular formula is C18H24N2O. The minimum atomic E-state index is -0.0399. The second kappa shape index (κ2) is 7.81. The maximum Gasteiger partial charge on any atom is 0.123 e. The maximum atomic E-state index is 6.32. The summed E-state index contributed by atoms with van der Waals surface area (Å²) in [6.07, 6.45) is 1.04. The molecule has 2 aromatic carbocycles. The first-order chi connectivity index (χ1) is 10.2. The third-order valence-corrected chi connectivity index (χ3v) is 3.67. The number of benzene rings is 2. The Morgan fingerprint density at radius 2 is 1.71 bits per heavy atom. The number of hydrogen-bond acceptors (Lipinski definition) is 3. The minimum Gasteiger partial charge on any atom is -0.496 e. The Balaban J connectivity index is 1.88. The molecule has 2 rings (SSSR count). The number of nitrogens with two attached hydrogens (primary N) is 1. The fraction of sp³-hybridized carbons (Fsp3) is 0.333. The van der Waals surface area contributed by atoms with Crippen LogP contribution in [-0.2, 0) is 6.42 Å². The van der Waals surface area contributed by atoms with E-state index in [0.29, 0.717) is 0 Å². The number of para-hydroxylation sites is 1. The molecular weight excluding hydrogens is 260 g/mol. The fourth-order valence-electron chi connectivity index (χ4n) is 2.46. The van der Waals surface area contributed by atoms with Gasteiger partial charge in [-0.2, -0.15) is 0 Å². The van der Waals surface area contributed by atoms with Gasteiger partial charge in [0.2, 0.25) is 0 Å². The zero-order chi connectivity index (χ0) is 15.1. The van der Waals surface area contributed by atoms with Gasteiger partial charge in [0.15, 0.2) is 0 Å². The van der Waals surface area contributed by atoms with Gasteiger partial charge in [0.25, 0.3) is 0 Å². The van der Waals surface area contributed by atoms with Crippen LogP contribution in [0.1, 0.15) is 17.2 Å². The molecule has 0 aliphatic rings. The van der Waals surface area contributed by atoms with Crippen LogP contribution < -0.4 is 10.5 Å². The number of ether oxygens (including phenoxy) is 1. The van der Waals surface area contributed by atoms with Crippen molar-refractivity contribution in [2.75, 3.05) is 27.2 Å². The van der Waals surface area contributed by atoms with Gasteiger partial charge in [0.1, 0.15) is 5.75 Å². The Labute approximate surface area is 127 Å². The van der Waals surface area contributed by atoms with Crippen molar-refractivity contribution in [3.63, 3.8) is 0 Å². The molecule has 0 saturated carbocycles. The third-order valence-electron chi connectivity index (χ3n) is 3.67. The van der Waals surface area contributed by atoms with Crippen LogP contribution in [-0.4, -0.2) is 32.1 Å². The van der Waals surface area contributed by atoms with E-state index in [1.54, 1.807) is 7.11 Å². The molecule has 0 spiro atoms. The van der Waals surface area contributed by atoms with Crippen molar-refractivity contribution in [1.82, 2.24) is 4.90 Å². The molecule has 0 aliphatic carbocycles. The second-order valence-electron chi connectivity index (χ2n) is 5.35. The van der Waals surface area contributed by atoms with E-state index >= 15 is 0 Å². The highest BCUT2D eigenvalue weighted by Crippen LogP contribution is 2.23. The highest BCUT2D eigenvalue weighted by molar-refractivity contribution is 5.35. The van der Waals surface area contributed by atoms with Crippen molar-refractivity contribution in [2.24, 2.45) is 5.73 Å². The quantitative estimate of drug-likeness (QED) is 0.849. The average molecular weight is 284 g/mol. The lowest BCUT2D eigenvalue weighted by molar-refractivity contribution is 0.311. The molecule has 0 aromatic heterocycles. The van der Waals surface area contributed by atoms with E-state index in [9.17, 15) is 0 Å². The van der Waals surface area contributed by atoms with Crippen LogP contribution in [0.4, 0.5) is 0 Å². The Morgan fingerprint density at radius 3 is 2.43 bits per heavy atom. The molecule has 0 heterocycles. The first-order valence-corrected chi connectivity index (χ1v) is 7.31. The van der Waals surface area contributed by atoms with E-state index in [0.717, 1.165) is 30.8 Å². The Bertz CT molecular complexity index is 542. The summed E-state index contributed by atoms with van der Waals surface area (Å²) in [7, 11) is 3.79. The van der Waals surface area contributed by atoms with Gasteiger partial charge >= 0.3 is 0 Å². The van der Waals surface area contributed by atoms with Crippen LogP contribution in [0.15, 0.2) is 54.6 Å². The molecule has 2 aromatic rings. The van der Waals surface area contributed by atoms with Crippen molar-refractivity contribution in [3.8, 4) is 5.75 Å². The van der Waals surface area contributed by atoms with Gasteiger partial charge in [0, 0.05) is 24.7 Å². The van der Waals surface area contributed by atoms with Gasteiger partial charge in [-0.3, -0.25) is 0 Å². The first kappa shape index (κ1) is 15.5. The maximum absolute atomic E-state index is 6.32. The van der Waals surface area contributed by atoms with Crippen molar-refractivity contribution in [1.29, 1.82) is 0 Å². The SMILES string of the molecule is COc1ccccc1C(N)CN(C)CCc1ccccc1. The average Bonchev–Trinajstić information content (AvgIpc) is 2.53. The normalized spacial score (nSPS) is 12.4. The fourth-order valence-corrected chi connectivity index (χ4v) is 2.46. The van der Waals surface area contributed by atoms with Crippen molar-refractivity contribution in [2.45, 2.75) is 12.5 Å². The molecule has 0 radical (unpaired) electrons. The van der Waals surface area contributed by atoms with Crippen molar-refractivity contribution < 1.29 is 4.74 Å². The summed E-state index contributed by atoms with van der Waals surface area (Å²) < 4.78 is 5.38. The van der Waals surface area contributed by atoms with E-state index in [4.69, 9.17) is 10.5 Å². The minimum absolute atomic E-state index is 0.0399. The molecule has 2 N–H and O–H groups in total.